The Bertz CT molecular complexity index is 537. The Hall–Kier alpha value is -0.310. The van der Waals surface area contributed by atoms with Crippen molar-refractivity contribution in [1.29, 1.82) is 0 Å². The van der Waals surface area contributed by atoms with E-state index in [0.29, 0.717) is 4.47 Å². The topological polar surface area (TPSA) is 72.2 Å². The molecule has 4 nitrogen and oxygen atoms in total. The fourth-order valence-corrected chi connectivity index (χ4v) is 3.03. The minimum Gasteiger partial charge on any atom is -0.398 e. The SMILES string of the molecule is CSC(C)CNS(=O)(=O)c1cc(N)c(Br)cc1F. The Kier molecular flexibility index (Phi) is 5.45. The van der Waals surface area contributed by atoms with Gasteiger partial charge >= 0.3 is 0 Å². The maximum Gasteiger partial charge on any atom is 0.243 e. The van der Waals surface area contributed by atoms with Crippen LogP contribution in [0.2, 0.25) is 0 Å². The van der Waals surface area contributed by atoms with E-state index >= 15 is 0 Å². The van der Waals surface area contributed by atoms with E-state index in [2.05, 4.69) is 20.7 Å². The summed E-state index contributed by atoms with van der Waals surface area (Å²) in [6, 6.07) is 2.15. The van der Waals surface area contributed by atoms with Crippen molar-refractivity contribution < 1.29 is 12.8 Å². The Morgan fingerprint density at radius 3 is 2.72 bits per heavy atom. The van der Waals surface area contributed by atoms with Gasteiger partial charge in [-0.25, -0.2) is 17.5 Å². The van der Waals surface area contributed by atoms with Crippen molar-refractivity contribution in [3.05, 3.63) is 22.4 Å². The lowest BCUT2D eigenvalue weighted by molar-refractivity contribution is 0.557. The van der Waals surface area contributed by atoms with Gasteiger partial charge in [-0.3, -0.25) is 0 Å². The molecule has 1 atom stereocenters. The number of nitrogens with one attached hydrogen (secondary N) is 1. The number of hydrogen-bond acceptors (Lipinski definition) is 4. The molecule has 1 aromatic carbocycles. The molecule has 102 valence electrons. The van der Waals surface area contributed by atoms with E-state index in [0.717, 1.165) is 12.1 Å². The highest BCUT2D eigenvalue weighted by Gasteiger charge is 2.21. The minimum absolute atomic E-state index is 0.107. The van der Waals surface area contributed by atoms with Gasteiger partial charge in [-0.2, -0.15) is 11.8 Å². The Labute approximate surface area is 119 Å². The molecule has 0 heterocycles. The maximum absolute atomic E-state index is 13.6. The zero-order chi connectivity index (χ0) is 13.9. The summed E-state index contributed by atoms with van der Waals surface area (Å²) >= 11 is 4.55. The third kappa shape index (κ3) is 3.84. The first-order valence-corrected chi connectivity index (χ1v) is 8.61. The molecule has 3 N–H and O–H groups in total. The molecular formula is C10H14BrFN2O2S2. The van der Waals surface area contributed by atoms with Gasteiger partial charge in [0.15, 0.2) is 0 Å². The molecule has 0 amide bonds. The lowest BCUT2D eigenvalue weighted by Crippen LogP contribution is -2.30. The van der Waals surface area contributed by atoms with Crippen molar-refractivity contribution >= 4 is 43.4 Å². The summed E-state index contributed by atoms with van der Waals surface area (Å²) < 4.78 is 40.1. The van der Waals surface area contributed by atoms with Gasteiger partial charge in [0, 0.05) is 22.0 Å². The number of hydrogen-bond donors (Lipinski definition) is 2. The van der Waals surface area contributed by atoms with Crippen LogP contribution < -0.4 is 10.5 Å². The van der Waals surface area contributed by atoms with Crippen LogP contribution in [0.15, 0.2) is 21.5 Å². The number of sulfonamides is 1. The highest BCUT2D eigenvalue weighted by Crippen LogP contribution is 2.26. The van der Waals surface area contributed by atoms with Crippen LogP contribution in [0, 0.1) is 5.82 Å². The minimum atomic E-state index is -3.87. The highest BCUT2D eigenvalue weighted by atomic mass is 79.9. The molecule has 0 bridgehead atoms. The van der Waals surface area contributed by atoms with Crippen molar-refractivity contribution in [2.24, 2.45) is 0 Å². The molecule has 1 unspecified atom stereocenters. The van der Waals surface area contributed by atoms with Crippen molar-refractivity contribution in [2.75, 3.05) is 18.5 Å². The van der Waals surface area contributed by atoms with Crippen molar-refractivity contribution in [3.63, 3.8) is 0 Å². The van der Waals surface area contributed by atoms with Crippen LogP contribution in [-0.2, 0) is 10.0 Å². The first-order valence-electron chi connectivity index (χ1n) is 5.05. The van der Waals surface area contributed by atoms with E-state index in [1.165, 1.54) is 11.8 Å². The Morgan fingerprint density at radius 2 is 2.17 bits per heavy atom. The van der Waals surface area contributed by atoms with Gasteiger partial charge in [0.2, 0.25) is 10.0 Å². The lowest BCUT2D eigenvalue weighted by Gasteiger charge is -2.12. The molecule has 1 aromatic rings. The summed E-state index contributed by atoms with van der Waals surface area (Å²) in [6.07, 6.45) is 1.87. The van der Waals surface area contributed by atoms with Gasteiger partial charge in [0.1, 0.15) is 10.7 Å². The molecule has 18 heavy (non-hydrogen) atoms. The van der Waals surface area contributed by atoms with E-state index in [9.17, 15) is 12.8 Å². The number of nitrogens with two attached hydrogens (primary N) is 1. The highest BCUT2D eigenvalue weighted by molar-refractivity contribution is 9.10. The number of rotatable bonds is 5. The largest absolute Gasteiger partial charge is 0.398 e. The van der Waals surface area contributed by atoms with E-state index in [1.807, 2.05) is 13.2 Å². The van der Waals surface area contributed by atoms with Gasteiger partial charge in [-0.05, 0) is 34.3 Å². The molecular weight excluding hydrogens is 343 g/mol. The zero-order valence-electron chi connectivity index (χ0n) is 9.91. The zero-order valence-corrected chi connectivity index (χ0v) is 13.1. The molecule has 0 aliphatic rings. The van der Waals surface area contributed by atoms with Crippen LogP contribution in [0.3, 0.4) is 0 Å². The lowest BCUT2D eigenvalue weighted by atomic mass is 10.3. The second kappa shape index (κ2) is 6.23. The fraction of sp³-hybridized carbons (Fsp3) is 0.400. The van der Waals surface area contributed by atoms with Crippen molar-refractivity contribution in [1.82, 2.24) is 4.72 Å². The second-order valence-corrected chi connectivity index (χ2v) is 7.57. The van der Waals surface area contributed by atoms with Gasteiger partial charge < -0.3 is 5.73 Å². The average Bonchev–Trinajstić information content (AvgIpc) is 2.30. The van der Waals surface area contributed by atoms with Crippen LogP contribution in [0.4, 0.5) is 10.1 Å². The predicted molar refractivity (Wildman–Crippen MR) is 76.7 cm³/mol. The Balaban J connectivity index is 3.02. The molecule has 0 radical (unpaired) electrons. The number of anilines is 1. The van der Waals surface area contributed by atoms with Crippen LogP contribution in [0.1, 0.15) is 6.92 Å². The van der Waals surface area contributed by atoms with Crippen LogP contribution in [0.5, 0.6) is 0 Å². The molecule has 1 rings (SSSR count). The molecule has 0 saturated carbocycles. The van der Waals surface area contributed by atoms with E-state index in [4.69, 9.17) is 5.73 Å². The first-order chi connectivity index (χ1) is 8.27. The van der Waals surface area contributed by atoms with Crippen LogP contribution in [-0.4, -0.2) is 26.5 Å². The average molecular weight is 357 g/mol. The molecule has 0 aliphatic heterocycles. The van der Waals surface area contributed by atoms with Gasteiger partial charge in [0.25, 0.3) is 0 Å². The quantitative estimate of drug-likeness (QED) is 0.793. The Morgan fingerprint density at radius 1 is 1.56 bits per heavy atom. The number of halogens is 2. The summed E-state index contributed by atoms with van der Waals surface area (Å²) in [4.78, 5) is -0.434. The van der Waals surface area contributed by atoms with E-state index < -0.39 is 20.7 Å². The summed E-state index contributed by atoms with van der Waals surface area (Å²) in [5.74, 6) is -0.833. The predicted octanol–water partition coefficient (Wildman–Crippen LogP) is 2.20. The normalized spacial score (nSPS) is 13.6. The smallest absolute Gasteiger partial charge is 0.243 e. The maximum atomic E-state index is 13.6. The van der Waals surface area contributed by atoms with Gasteiger partial charge in [-0.15, -0.1) is 0 Å². The third-order valence-corrected chi connectivity index (χ3v) is 5.40. The number of benzene rings is 1. The standard InChI is InChI=1S/C10H14BrFN2O2S2/c1-6(17-2)5-14-18(15,16)10-4-9(13)7(11)3-8(10)12/h3-4,6,14H,5,13H2,1-2H3. The molecule has 0 aliphatic carbocycles. The monoisotopic (exact) mass is 356 g/mol. The van der Waals surface area contributed by atoms with Crippen LogP contribution >= 0.6 is 27.7 Å². The summed E-state index contributed by atoms with van der Waals surface area (Å²) in [6.45, 7) is 2.11. The molecule has 0 saturated heterocycles. The third-order valence-electron chi connectivity index (χ3n) is 2.30. The molecule has 0 aromatic heterocycles. The second-order valence-electron chi connectivity index (χ2n) is 3.70. The molecule has 0 fully saturated rings. The fourth-order valence-electron chi connectivity index (χ4n) is 1.14. The summed E-state index contributed by atoms with van der Waals surface area (Å²) in [7, 11) is -3.87. The van der Waals surface area contributed by atoms with E-state index in [-0.39, 0.29) is 17.5 Å². The van der Waals surface area contributed by atoms with Gasteiger partial charge in [0.05, 0.1) is 0 Å². The first kappa shape index (κ1) is 15.7. The van der Waals surface area contributed by atoms with E-state index in [1.54, 1.807) is 0 Å². The summed E-state index contributed by atoms with van der Waals surface area (Å²) in [5.41, 5.74) is 5.73. The van der Waals surface area contributed by atoms with Crippen LogP contribution in [0.25, 0.3) is 0 Å². The molecule has 8 heteroatoms. The number of thioether (sulfide) groups is 1. The molecule has 0 spiro atoms. The number of nitrogen functional groups attached to an aromatic ring is 1. The summed E-state index contributed by atoms with van der Waals surface area (Å²) in [5, 5.41) is 0.107. The van der Waals surface area contributed by atoms with Crippen molar-refractivity contribution in [2.45, 2.75) is 17.1 Å². The van der Waals surface area contributed by atoms with Crippen molar-refractivity contribution in [3.8, 4) is 0 Å². The van der Waals surface area contributed by atoms with Gasteiger partial charge in [-0.1, -0.05) is 6.92 Å².